The minimum atomic E-state index is -0.633. The molecule has 0 aromatic rings. The van der Waals surface area contributed by atoms with E-state index < -0.39 is 12.2 Å². The van der Waals surface area contributed by atoms with Crippen LogP contribution in [0.3, 0.4) is 0 Å². The Bertz CT molecular complexity index is 153. The quantitative estimate of drug-likeness (QED) is 0.613. The number of likely N-dealkylation sites (tertiary alicyclic amines) is 1. The van der Waals surface area contributed by atoms with Crippen LogP contribution in [0.5, 0.6) is 0 Å². The zero-order valence-electron chi connectivity index (χ0n) is 6.20. The van der Waals surface area contributed by atoms with Crippen LogP contribution in [0.2, 0.25) is 0 Å². The molecule has 1 aliphatic rings. The summed E-state index contributed by atoms with van der Waals surface area (Å²) in [6, 6.07) is 0. The van der Waals surface area contributed by atoms with Crippen molar-refractivity contribution < 1.29 is 10.2 Å². The van der Waals surface area contributed by atoms with Crippen molar-refractivity contribution in [1.29, 1.82) is 0 Å². The highest BCUT2D eigenvalue weighted by atomic mass is 35.5. The highest BCUT2D eigenvalue weighted by molar-refractivity contribution is 6.29. The molecule has 0 radical (unpaired) electrons. The van der Waals surface area contributed by atoms with E-state index in [9.17, 15) is 0 Å². The smallest absolute Gasteiger partial charge is 0.0938 e. The van der Waals surface area contributed by atoms with Crippen LogP contribution in [0.1, 0.15) is 0 Å². The maximum Gasteiger partial charge on any atom is 0.0938 e. The van der Waals surface area contributed by atoms with Gasteiger partial charge >= 0.3 is 0 Å². The number of halogens is 1. The molecule has 0 aromatic heterocycles. The highest BCUT2D eigenvalue weighted by Gasteiger charge is 2.29. The first-order valence-electron chi connectivity index (χ1n) is 3.51. The highest BCUT2D eigenvalue weighted by Crippen LogP contribution is 2.12. The van der Waals surface area contributed by atoms with Gasteiger partial charge in [-0.05, 0) is 0 Å². The van der Waals surface area contributed by atoms with Crippen molar-refractivity contribution in [1.82, 2.24) is 4.90 Å². The van der Waals surface area contributed by atoms with Crippen molar-refractivity contribution >= 4 is 11.6 Å². The van der Waals surface area contributed by atoms with Gasteiger partial charge in [0.05, 0.1) is 12.2 Å². The van der Waals surface area contributed by atoms with Crippen LogP contribution in [0.4, 0.5) is 0 Å². The average molecular weight is 178 g/mol. The van der Waals surface area contributed by atoms with E-state index in [2.05, 4.69) is 6.58 Å². The second-order valence-electron chi connectivity index (χ2n) is 2.85. The summed E-state index contributed by atoms with van der Waals surface area (Å²) in [4.78, 5) is 1.87. The molecule has 11 heavy (non-hydrogen) atoms. The number of hydrogen-bond donors (Lipinski definition) is 2. The van der Waals surface area contributed by atoms with E-state index in [1.807, 2.05) is 4.90 Å². The van der Waals surface area contributed by atoms with E-state index in [1.165, 1.54) is 0 Å². The zero-order chi connectivity index (χ0) is 8.43. The SMILES string of the molecule is C=C(Cl)CN1C[C@@H](O)[C@@H](O)C1. The molecule has 0 aliphatic carbocycles. The second-order valence-corrected chi connectivity index (χ2v) is 3.38. The Hall–Kier alpha value is -0.0900. The van der Waals surface area contributed by atoms with Crippen LogP contribution in [-0.4, -0.2) is 47.0 Å². The maximum absolute atomic E-state index is 9.12. The fraction of sp³-hybridized carbons (Fsp3) is 0.714. The minimum Gasteiger partial charge on any atom is -0.389 e. The maximum atomic E-state index is 9.12. The van der Waals surface area contributed by atoms with Crippen LogP contribution in [0, 0.1) is 0 Å². The number of hydrogen-bond acceptors (Lipinski definition) is 3. The average Bonchev–Trinajstić information content (AvgIpc) is 2.10. The summed E-state index contributed by atoms with van der Waals surface area (Å²) in [5.41, 5.74) is 0. The van der Waals surface area contributed by atoms with Crippen molar-refractivity contribution in [2.24, 2.45) is 0 Å². The molecule has 0 unspecified atom stereocenters. The Morgan fingerprint density at radius 3 is 2.27 bits per heavy atom. The van der Waals surface area contributed by atoms with Crippen molar-refractivity contribution in [2.75, 3.05) is 19.6 Å². The Morgan fingerprint density at radius 2 is 1.91 bits per heavy atom. The van der Waals surface area contributed by atoms with Gasteiger partial charge in [0.15, 0.2) is 0 Å². The Morgan fingerprint density at radius 1 is 1.45 bits per heavy atom. The van der Waals surface area contributed by atoms with Gasteiger partial charge in [0.25, 0.3) is 0 Å². The number of β-amino-alcohol motifs (C(OH)–C–C–N with tert-alkyl or cyclic N) is 2. The summed E-state index contributed by atoms with van der Waals surface area (Å²) in [7, 11) is 0. The molecule has 3 nitrogen and oxygen atoms in total. The van der Waals surface area contributed by atoms with E-state index in [4.69, 9.17) is 21.8 Å². The van der Waals surface area contributed by atoms with E-state index in [1.54, 1.807) is 0 Å². The van der Waals surface area contributed by atoms with E-state index in [0.717, 1.165) is 0 Å². The standard InChI is InChI=1S/C7H12ClNO2/c1-5(8)2-9-3-6(10)7(11)4-9/h6-7,10-11H,1-4H2/t6-,7+. The van der Waals surface area contributed by atoms with Gasteiger partial charge in [-0.25, -0.2) is 0 Å². The third kappa shape index (κ3) is 2.45. The molecule has 0 spiro atoms. The minimum absolute atomic E-state index is 0.479. The topological polar surface area (TPSA) is 43.7 Å². The van der Waals surface area contributed by atoms with Crippen LogP contribution >= 0.6 is 11.6 Å². The van der Waals surface area contributed by atoms with E-state index >= 15 is 0 Å². The molecule has 64 valence electrons. The van der Waals surface area contributed by atoms with Crippen molar-refractivity contribution in [3.63, 3.8) is 0 Å². The molecule has 1 rings (SSSR count). The molecule has 0 aromatic carbocycles. The zero-order valence-corrected chi connectivity index (χ0v) is 6.96. The monoisotopic (exact) mass is 177 g/mol. The molecule has 0 saturated carbocycles. The van der Waals surface area contributed by atoms with Crippen molar-refractivity contribution in [3.8, 4) is 0 Å². The largest absolute Gasteiger partial charge is 0.389 e. The fourth-order valence-corrected chi connectivity index (χ4v) is 1.39. The number of rotatable bonds is 2. The molecule has 1 heterocycles. The lowest BCUT2D eigenvalue weighted by Crippen LogP contribution is -2.23. The molecule has 0 amide bonds. The molecule has 4 heteroatoms. The molecule has 1 saturated heterocycles. The van der Waals surface area contributed by atoms with Gasteiger partial charge in [-0.1, -0.05) is 18.2 Å². The summed E-state index contributed by atoms with van der Waals surface area (Å²) in [5, 5.41) is 18.8. The van der Waals surface area contributed by atoms with Gasteiger partial charge in [-0.2, -0.15) is 0 Å². The predicted octanol–water partition coefficient (Wildman–Crippen LogP) is -0.224. The normalized spacial score (nSPS) is 32.6. The van der Waals surface area contributed by atoms with Crippen molar-refractivity contribution in [2.45, 2.75) is 12.2 Å². The summed E-state index contributed by atoms with van der Waals surface area (Å²) in [6.07, 6.45) is -1.27. The van der Waals surface area contributed by atoms with E-state index in [0.29, 0.717) is 24.7 Å². The first kappa shape index (κ1) is 9.00. The Kier molecular flexibility index (Phi) is 2.90. The Labute approximate surface area is 70.9 Å². The molecule has 1 aliphatic heterocycles. The predicted molar refractivity (Wildman–Crippen MR) is 43.4 cm³/mol. The molecule has 2 N–H and O–H groups in total. The summed E-state index contributed by atoms with van der Waals surface area (Å²) >= 11 is 5.55. The molecular formula is C7H12ClNO2. The lowest BCUT2D eigenvalue weighted by atomic mass is 10.3. The third-order valence-electron chi connectivity index (χ3n) is 1.73. The van der Waals surface area contributed by atoms with Crippen LogP contribution in [0.25, 0.3) is 0 Å². The van der Waals surface area contributed by atoms with E-state index in [-0.39, 0.29) is 0 Å². The van der Waals surface area contributed by atoms with Gasteiger partial charge < -0.3 is 10.2 Å². The molecule has 2 atom stereocenters. The van der Waals surface area contributed by atoms with Crippen molar-refractivity contribution in [3.05, 3.63) is 11.6 Å². The third-order valence-corrected chi connectivity index (χ3v) is 1.85. The van der Waals surface area contributed by atoms with Crippen LogP contribution in [-0.2, 0) is 0 Å². The first-order valence-corrected chi connectivity index (χ1v) is 3.89. The lowest BCUT2D eigenvalue weighted by Gasteiger charge is -2.12. The number of aliphatic hydroxyl groups is 2. The van der Waals surface area contributed by atoms with Gasteiger partial charge in [0, 0.05) is 24.7 Å². The number of nitrogens with zero attached hydrogens (tertiary/aromatic N) is 1. The van der Waals surface area contributed by atoms with Gasteiger partial charge in [0.1, 0.15) is 0 Å². The Balaban J connectivity index is 2.35. The summed E-state index contributed by atoms with van der Waals surface area (Å²) in [6.45, 7) is 5.02. The second kappa shape index (κ2) is 3.54. The van der Waals surface area contributed by atoms with Crippen LogP contribution in [0.15, 0.2) is 11.6 Å². The number of aliphatic hydroxyl groups excluding tert-OH is 2. The summed E-state index contributed by atoms with van der Waals surface area (Å²) in [5.74, 6) is 0. The fourth-order valence-electron chi connectivity index (χ4n) is 1.22. The van der Waals surface area contributed by atoms with Gasteiger partial charge in [-0.15, -0.1) is 0 Å². The lowest BCUT2D eigenvalue weighted by molar-refractivity contribution is 0.0572. The molecule has 0 bridgehead atoms. The first-order chi connectivity index (χ1) is 5.09. The summed E-state index contributed by atoms with van der Waals surface area (Å²) < 4.78 is 0. The van der Waals surface area contributed by atoms with Gasteiger partial charge in [-0.3, -0.25) is 4.90 Å². The van der Waals surface area contributed by atoms with Crippen LogP contribution < -0.4 is 0 Å². The van der Waals surface area contributed by atoms with Gasteiger partial charge in [0.2, 0.25) is 0 Å². The molecule has 1 fully saturated rings. The molecular weight excluding hydrogens is 166 g/mol.